The molecule has 1 N–H and O–H groups in total. The van der Waals surface area contributed by atoms with Crippen LogP contribution < -0.4 is 10.2 Å². The largest absolute Gasteiger partial charge is 0.365 e. The summed E-state index contributed by atoms with van der Waals surface area (Å²) in [6.07, 6.45) is 7.95. The standard InChI is InChI=1S/C15H20N4/c16-11-13-15(7-4-9-18-13)19-10-2-1-6-14(19)12-5-3-8-17-12/h4,7,9,12,14,17H,1-3,5-6,8,10H2. The van der Waals surface area contributed by atoms with Crippen molar-refractivity contribution in [2.45, 2.75) is 44.2 Å². The predicted molar refractivity (Wildman–Crippen MR) is 75.0 cm³/mol. The summed E-state index contributed by atoms with van der Waals surface area (Å²) in [5.74, 6) is 0. The Morgan fingerprint density at radius 2 is 2.26 bits per heavy atom. The monoisotopic (exact) mass is 256 g/mol. The lowest BCUT2D eigenvalue weighted by atomic mass is 9.93. The molecule has 1 aromatic rings. The Labute approximate surface area is 114 Å². The summed E-state index contributed by atoms with van der Waals surface area (Å²) in [5, 5.41) is 12.9. The molecule has 0 amide bonds. The molecule has 0 spiro atoms. The Hall–Kier alpha value is -1.60. The Bertz CT molecular complexity index is 473. The lowest BCUT2D eigenvalue weighted by Crippen LogP contribution is -2.50. The zero-order chi connectivity index (χ0) is 13.1. The Morgan fingerprint density at radius 1 is 1.32 bits per heavy atom. The number of pyridine rings is 1. The van der Waals surface area contributed by atoms with Crippen molar-refractivity contribution in [2.75, 3.05) is 18.0 Å². The first kappa shape index (κ1) is 12.4. The second-order valence-electron chi connectivity index (χ2n) is 5.44. The van der Waals surface area contributed by atoms with Crippen molar-refractivity contribution in [3.05, 3.63) is 24.0 Å². The summed E-state index contributed by atoms with van der Waals surface area (Å²) in [4.78, 5) is 6.62. The van der Waals surface area contributed by atoms with Gasteiger partial charge in [0.05, 0.1) is 5.69 Å². The van der Waals surface area contributed by atoms with E-state index < -0.39 is 0 Å². The average Bonchev–Trinajstić information content (AvgIpc) is 3.01. The molecule has 0 aromatic carbocycles. The first-order chi connectivity index (χ1) is 9.40. The molecule has 2 aliphatic heterocycles. The van der Waals surface area contributed by atoms with Crippen LogP contribution in [0.15, 0.2) is 18.3 Å². The number of aromatic nitrogens is 1. The third kappa shape index (κ3) is 2.43. The Balaban J connectivity index is 1.89. The van der Waals surface area contributed by atoms with Gasteiger partial charge < -0.3 is 10.2 Å². The maximum Gasteiger partial charge on any atom is 0.163 e. The van der Waals surface area contributed by atoms with E-state index >= 15 is 0 Å². The molecule has 2 aliphatic rings. The van der Waals surface area contributed by atoms with Gasteiger partial charge in [-0.25, -0.2) is 4.98 Å². The van der Waals surface area contributed by atoms with Crippen LogP contribution in [0.2, 0.25) is 0 Å². The molecule has 0 bridgehead atoms. The lowest BCUT2D eigenvalue weighted by molar-refractivity contribution is 0.378. The van der Waals surface area contributed by atoms with Gasteiger partial charge in [-0.2, -0.15) is 5.26 Å². The van der Waals surface area contributed by atoms with Crippen molar-refractivity contribution >= 4 is 5.69 Å². The summed E-state index contributed by atoms with van der Waals surface area (Å²) >= 11 is 0. The third-order valence-electron chi connectivity index (χ3n) is 4.31. The Kier molecular flexibility index (Phi) is 3.65. The van der Waals surface area contributed by atoms with Gasteiger partial charge in [0.1, 0.15) is 6.07 Å². The van der Waals surface area contributed by atoms with Crippen LogP contribution in [0.1, 0.15) is 37.8 Å². The average molecular weight is 256 g/mol. The highest BCUT2D eigenvalue weighted by Crippen LogP contribution is 2.30. The highest BCUT2D eigenvalue weighted by atomic mass is 15.2. The van der Waals surface area contributed by atoms with Crippen molar-refractivity contribution in [3.63, 3.8) is 0 Å². The molecule has 100 valence electrons. The van der Waals surface area contributed by atoms with Crippen molar-refractivity contribution in [2.24, 2.45) is 0 Å². The van der Waals surface area contributed by atoms with Gasteiger partial charge in [-0.1, -0.05) is 0 Å². The van der Waals surface area contributed by atoms with Crippen LogP contribution in [0.3, 0.4) is 0 Å². The van der Waals surface area contributed by atoms with Crippen molar-refractivity contribution in [3.8, 4) is 6.07 Å². The normalized spacial score (nSPS) is 27.2. The molecule has 4 nitrogen and oxygen atoms in total. The molecule has 0 aliphatic carbocycles. The van der Waals surface area contributed by atoms with Crippen molar-refractivity contribution in [1.29, 1.82) is 5.26 Å². The van der Waals surface area contributed by atoms with E-state index in [9.17, 15) is 5.26 Å². The van der Waals surface area contributed by atoms with E-state index in [0.29, 0.717) is 17.8 Å². The van der Waals surface area contributed by atoms with Gasteiger partial charge in [0, 0.05) is 24.8 Å². The van der Waals surface area contributed by atoms with E-state index in [-0.39, 0.29) is 0 Å². The SMILES string of the molecule is N#Cc1ncccc1N1CCCCC1C1CCCN1. The highest BCUT2D eigenvalue weighted by molar-refractivity contribution is 5.57. The zero-order valence-electron chi connectivity index (χ0n) is 11.2. The molecular formula is C15H20N4. The summed E-state index contributed by atoms with van der Waals surface area (Å²) < 4.78 is 0. The van der Waals surface area contributed by atoms with E-state index in [1.165, 1.54) is 32.1 Å². The third-order valence-corrected chi connectivity index (χ3v) is 4.31. The van der Waals surface area contributed by atoms with Gasteiger partial charge >= 0.3 is 0 Å². The second kappa shape index (κ2) is 5.58. The first-order valence-electron chi connectivity index (χ1n) is 7.25. The van der Waals surface area contributed by atoms with Gasteiger partial charge in [-0.05, 0) is 50.8 Å². The van der Waals surface area contributed by atoms with Crippen LogP contribution in [0.25, 0.3) is 0 Å². The molecule has 2 unspecified atom stereocenters. The number of rotatable bonds is 2. The number of hydrogen-bond donors (Lipinski definition) is 1. The number of nitriles is 1. The van der Waals surface area contributed by atoms with Gasteiger partial charge in [0.25, 0.3) is 0 Å². The molecule has 2 saturated heterocycles. The van der Waals surface area contributed by atoms with Crippen LogP contribution in [0, 0.1) is 11.3 Å². The van der Waals surface area contributed by atoms with Crippen LogP contribution in [0.4, 0.5) is 5.69 Å². The number of hydrogen-bond acceptors (Lipinski definition) is 4. The fourth-order valence-electron chi connectivity index (χ4n) is 3.43. The lowest BCUT2D eigenvalue weighted by Gasteiger charge is -2.41. The van der Waals surface area contributed by atoms with Crippen LogP contribution in [-0.2, 0) is 0 Å². The molecule has 4 heteroatoms. The minimum absolute atomic E-state index is 0.521. The van der Waals surface area contributed by atoms with E-state index in [2.05, 4.69) is 21.3 Å². The van der Waals surface area contributed by atoms with Gasteiger partial charge in [-0.15, -0.1) is 0 Å². The van der Waals surface area contributed by atoms with E-state index in [1.807, 2.05) is 12.1 Å². The number of nitrogens with one attached hydrogen (secondary N) is 1. The van der Waals surface area contributed by atoms with E-state index in [0.717, 1.165) is 18.8 Å². The molecule has 3 heterocycles. The van der Waals surface area contributed by atoms with E-state index in [4.69, 9.17) is 0 Å². The van der Waals surface area contributed by atoms with E-state index in [1.54, 1.807) is 6.20 Å². The van der Waals surface area contributed by atoms with Gasteiger partial charge in [0.2, 0.25) is 0 Å². The van der Waals surface area contributed by atoms with Crippen molar-refractivity contribution in [1.82, 2.24) is 10.3 Å². The van der Waals surface area contributed by atoms with Crippen molar-refractivity contribution < 1.29 is 0 Å². The predicted octanol–water partition coefficient (Wildman–Crippen LogP) is 2.06. The molecule has 2 atom stereocenters. The van der Waals surface area contributed by atoms with Crippen LogP contribution in [0.5, 0.6) is 0 Å². The minimum atomic E-state index is 0.521. The fraction of sp³-hybridized carbons (Fsp3) is 0.600. The second-order valence-corrected chi connectivity index (χ2v) is 5.44. The summed E-state index contributed by atoms with van der Waals surface area (Å²) in [6, 6.07) is 7.30. The maximum atomic E-state index is 9.25. The molecule has 0 saturated carbocycles. The summed E-state index contributed by atoms with van der Waals surface area (Å²) in [5.41, 5.74) is 1.58. The molecule has 1 aromatic heterocycles. The molecule has 2 fully saturated rings. The summed E-state index contributed by atoms with van der Waals surface area (Å²) in [7, 11) is 0. The highest BCUT2D eigenvalue weighted by Gasteiger charge is 2.32. The molecule has 0 radical (unpaired) electrons. The smallest absolute Gasteiger partial charge is 0.163 e. The molecule has 3 rings (SSSR count). The first-order valence-corrected chi connectivity index (χ1v) is 7.25. The van der Waals surface area contributed by atoms with Gasteiger partial charge in [-0.3, -0.25) is 0 Å². The number of nitrogens with zero attached hydrogens (tertiary/aromatic N) is 3. The summed E-state index contributed by atoms with van der Waals surface area (Å²) in [6.45, 7) is 2.18. The molecular weight excluding hydrogens is 236 g/mol. The minimum Gasteiger partial charge on any atom is -0.365 e. The topological polar surface area (TPSA) is 52.0 Å². The molecule has 19 heavy (non-hydrogen) atoms. The number of piperidine rings is 1. The fourth-order valence-corrected chi connectivity index (χ4v) is 3.43. The zero-order valence-corrected chi connectivity index (χ0v) is 11.2. The van der Waals surface area contributed by atoms with Crippen LogP contribution >= 0.6 is 0 Å². The Morgan fingerprint density at radius 3 is 3.05 bits per heavy atom. The van der Waals surface area contributed by atoms with Gasteiger partial charge in [0.15, 0.2) is 5.69 Å². The quantitative estimate of drug-likeness (QED) is 0.880. The maximum absolute atomic E-state index is 9.25. The van der Waals surface area contributed by atoms with Crippen LogP contribution in [-0.4, -0.2) is 30.2 Å². The number of anilines is 1.